The van der Waals surface area contributed by atoms with Crippen LogP contribution >= 0.6 is 0 Å². The number of carbonyl (C=O) groups excluding carboxylic acids is 1. The lowest BCUT2D eigenvalue weighted by Gasteiger charge is -2.28. The van der Waals surface area contributed by atoms with Crippen LogP contribution < -0.4 is 5.32 Å². The maximum atomic E-state index is 13.0. The number of aromatic nitrogens is 2. The average Bonchev–Trinajstić information content (AvgIpc) is 3.04. The van der Waals surface area contributed by atoms with Crippen LogP contribution in [0.3, 0.4) is 0 Å². The molecule has 1 fully saturated rings. The maximum Gasteiger partial charge on any atom is 0.230 e. The van der Waals surface area contributed by atoms with E-state index in [-0.39, 0.29) is 11.3 Å². The second kappa shape index (κ2) is 6.49. The normalized spacial score (nSPS) is 16.3. The molecule has 1 saturated carbocycles. The van der Waals surface area contributed by atoms with Crippen LogP contribution in [0.15, 0.2) is 36.5 Å². The third-order valence-electron chi connectivity index (χ3n) is 4.73. The monoisotopic (exact) mass is 309 g/mol. The fraction of sp³-hybridized carbons (Fsp3) is 0.421. The molecule has 1 aliphatic rings. The quantitative estimate of drug-likeness (QED) is 0.943. The van der Waals surface area contributed by atoms with Gasteiger partial charge in [0.1, 0.15) is 5.82 Å². The van der Waals surface area contributed by atoms with Gasteiger partial charge in [-0.05, 0) is 38.3 Å². The summed E-state index contributed by atoms with van der Waals surface area (Å²) in [6, 6.07) is 10.2. The van der Waals surface area contributed by atoms with Gasteiger partial charge < -0.3 is 5.32 Å². The van der Waals surface area contributed by atoms with Gasteiger partial charge in [0.15, 0.2) is 0 Å². The van der Waals surface area contributed by atoms with Crippen molar-refractivity contribution in [2.24, 2.45) is 0 Å². The van der Waals surface area contributed by atoms with Crippen molar-refractivity contribution in [3.63, 3.8) is 0 Å². The van der Waals surface area contributed by atoms with Gasteiger partial charge in [-0.1, -0.05) is 42.7 Å². The fourth-order valence-corrected chi connectivity index (χ4v) is 3.51. The van der Waals surface area contributed by atoms with Crippen molar-refractivity contribution in [3.8, 4) is 0 Å². The number of carbonyl (C=O) groups is 1. The molecule has 1 aliphatic carbocycles. The van der Waals surface area contributed by atoms with Crippen molar-refractivity contribution >= 4 is 5.91 Å². The third-order valence-corrected chi connectivity index (χ3v) is 4.73. The number of nitrogens with zero attached hydrogens (tertiary/aromatic N) is 2. The average molecular weight is 309 g/mol. The van der Waals surface area contributed by atoms with E-state index in [4.69, 9.17) is 0 Å². The molecular weight excluding hydrogens is 286 g/mol. The SMILES string of the molecule is Cc1cccc(C2(C(=O)NCc3ccnc(C)n3)CCCC2)c1. The summed E-state index contributed by atoms with van der Waals surface area (Å²) in [5.41, 5.74) is 2.82. The molecule has 0 atom stereocenters. The molecular formula is C19H23N3O. The van der Waals surface area contributed by atoms with Gasteiger partial charge in [-0.2, -0.15) is 0 Å². The number of rotatable bonds is 4. The van der Waals surface area contributed by atoms with Crippen molar-refractivity contribution in [3.05, 3.63) is 59.2 Å². The molecule has 3 rings (SSSR count). The standard InChI is InChI=1S/C19H23N3O/c1-14-6-5-7-16(12-14)19(9-3-4-10-19)18(23)21-13-17-8-11-20-15(2)22-17/h5-8,11-12H,3-4,9-10,13H2,1-2H3,(H,21,23). The summed E-state index contributed by atoms with van der Waals surface area (Å²) < 4.78 is 0. The highest BCUT2D eigenvalue weighted by atomic mass is 16.2. The molecule has 0 aliphatic heterocycles. The fourth-order valence-electron chi connectivity index (χ4n) is 3.51. The Hall–Kier alpha value is -2.23. The van der Waals surface area contributed by atoms with Gasteiger partial charge in [-0.15, -0.1) is 0 Å². The van der Waals surface area contributed by atoms with Gasteiger partial charge in [0.2, 0.25) is 5.91 Å². The summed E-state index contributed by atoms with van der Waals surface area (Å²) in [5.74, 6) is 0.850. The Bertz CT molecular complexity index is 705. The molecule has 1 aromatic carbocycles. The summed E-state index contributed by atoms with van der Waals surface area (Å²) in [6.07, 6.45) is 5.79. The molecule has 23 heavy (non-hydrogen) atoms. The molecule has 4 nitrogen and oxygen atoms in total. The number of nitrogens with one attached hydrogen (secondary N) is 1. The van der Waals surface area contributed by atoms with Gasteiger partial charge in [0.05, 0.1) is 17.7 Å². The molecule has 2 aromatic rings. The zero-order valence-electron chi connectivity index (χ0n) is 13.8. The Balaban J connectivity index is 1.79. The van der Waals surface area contributed by atoms with Gasteiger partial charge in [0, 0.05) is 6.20 Å². The second-order valence-corrected chi connectivity index (χ2v) is 6.44. The summed E-state index contributed by atoms with van der Waals surface area (Å²) in [6.45, 7) is 4.39. The Morgan fingerprint density at radius 3 is 2.70 bits per heavy atom. The van der Waals surface area contributed by atoms with Gasteiger partial charge in [0.25, 0.3) is 0 Å². The first-order valence-electron chi connectivity index (χ1n) is 8.24. The van der Waals surface area contributed by atoms with Crippen LogP contribution in [0.25, 0.3) is 0 Å². The first-order valence-corrected chi connectivity index (χ1v) is 8.24. The van der Waals surface area contributed by atoms with Crippen LogP contribution in [0.4, 0.5) is 0 Å². The van der Waals surface area contributed by atoms with E-state index in [0.29, 0.717) is 6.54 Å². The minimum absolute atomic E-state index is 0.122. The molecule has 0 saturated heterocycles. The Labute approximate surface area is 137 Å². The molecule has 0 bridgehead atoms. The van der Waals surface area contributed by atoms with Crippen molar-refractivity contribution in [1.82, 2.24) is 15.3 Å². The number of benzene rings is 1. The van der Waals surface area contributed by atoms with Gasteiger partial charge in [-0.3, -0.25) is 4.79 Å². The smallest absolute Gasteiger partial charge is 0.230 e. The third kappa shape index (κ3) is 3.26. The number of hydrogen-bond acceptors (Lipinski definition) is 3. The van der Waals surface area contributed by atoms with Crippen LogP contribution in [0.2, 0.25) is 0 Å². The second-order valence-electron chi connectivity index (χ2n) is 6.44. The van der Waals surface area contributed by atoms with Crippen molar-refractivity contribution in [2.45, 2.75) is 51.5 Å². The molecule has 1 aromatic heterocycles. The first-order chi connectivity index (χ1) is 11.1. The molecule has 0 spiro atoms. The molecule has 0 unspecified atom stereocenters. The molecule has 4 heteroatoms. The lowest BCUT2D eigenvalue weighted by atomic mass is 9.77. The van der Waals surface area contributed by atoms with E-state index in [1.807, 2.05) is 19.1 Å². The first kappa shape index (κ1) is 15.7. The van der Waals surface area contributed by atoms with E-state index < -0.39 is 0 Å². The van der Waals surface area contributed by atoms with Gasteiger partial charge in [-0.25, -0.2) is 9.97 Å². The topological polar surface area (TPSA) is 54.9 Å². The van der Waals surface area contributed by atoms with Crippen molar-refractivity contribution in [2.75, 3.05) is 0 Å². The Morgan fingerprint density at radius 1 is 1.22 bits per heavy atom. The van der Waals surface area contributed by atoms with Crippen LogP contribution in [0.1, 0.15) is 48.3 Å². The highest BCUT2D eigenvalue weighted by molar-refractivity contribution is 5.88. The molecule has 1 N–H and O–H groups in total. The van der Waals surface area contributed by atoms with E-state index in [0.717, 1.165) is 42.8 Å². The molecule has 1 amide bonds. The maximum absolute atomic E-state index is 13.0. The summed E-state index contributed by atoms with van der Waals surface area (Å²) in [7, 11) is 0. The van der Waals surface area contributed by atoms with E-state index in [2.05, 4.69) is 40.4 Å². The Morgan fingerprint density at radius 2 is 2.00 bits per heavy atom. The van der Waals surface area contributed by atoms with E-state index >= 15 is 0 Å². The minimum atomic E-state index is -0.381. The lowest BCUT2D eigenvalue weighted by Crippen LogP contribution is -2.42. The summed E-state index contributed by atoms with van der Waals surface area (Å²) >= 11 is 0. The van der Waals surface area contributed by atoms with Crippen LogP contribution in [0, 0.1) is 13.8 Å². The van der Waals surface area contributed by atoms with Crippen molar-refractivity contribution < 1.29 is 4.79 Å². The highest BCUT2D eigenvalue weighted by Gasteiger charge is 2.42. The van der Waals surface area contributed by atoms with Crippen LogP contribution in [-0.2, 0) is 16.8 Å². The number of hydrogen-bond donors (Lipinski definition) is 1. The predicted molar refractivity (Wildman–Crippen MR) is 89.9 cm³/mol. The highest BCUT2D eigenvalue weighted by Crippen LogP contribution is 2.41. The van der Waals surface area contributed by atoms with E-state index in [9.17, 15) is 4.79 Å². The summed E-state index contributed by atoms with van der Waals surface area (Å²) in [5, 5.41) is 3.10. The van der Waals surface area contributed by atoms with Gasteiger partial charge >= 0.3 is 0 Å². The molecule has 0 radical (unpaired) electrons. The predicted octanol–water partition coefficient (Wildman–Crippen LogP) is 3.22. The summed E-state index contributed by atoms with van der Waals surface area (Å²) in [4.78, 5) is 21.4. The largest absolute Gasteiger partial charge is 0.350 e. The van der Waals surface area contributed by atoms with E-state index in [1.165, 1.54) is 5.56 Å². The van der Waals surface area contributed by atoms with E-state index in [1.54, 1.807) is 6.20 Å². The zero-order valence-corrected chi connectivity index (χ0v) is 13.8. The Kier molecular flexibility index (Phi) is 4.42. The lowest BCUT2D eigenvalue weighted by molar-refractivity contribution is -0.126. The molecule has 120 valence electrons. The zero-order chi connectivity index (χ0) is 16.3. The minimum Gasteiger partial charge on any atom is -0.350 e. The van der Waals surface area contributed by atoms with Crippen molar-refractivity contribution in [1.29, 1.82) is 0 Å². The number of aryl methyl sites for hydroxylation is 2. The number of amides is 1. The van der Waals surface area contributed by atoms with Crippen LogP contribution in [-0.4, -0.2) is 15.9 Å². The van der Waals surface area contributed by atoms with Crippen LogP contribution in [0.5, 0.6) is 0 Å². The molecule has 1 heterocycles.